The molecule has 0 aromatic carbocycles. The smallest absolute Gasteiger partial charge is 0.114 e. The van der Waals surface area contributed by atoms with E-state index in [0.29, 0.717) is 13.2 Å². The predicted octanol–water partition coefficient (Wildman–Crippen LogP) is 10.2. The van der Waals surface area contributed by atoms with Gasteiger partial charge >= 0.3 is 0 Å². The van der Waals surface area contributed by atoms with Crippen LogP contribution in [0.15, 0.2) is 0 Å². The molecule has 4 atom stereocenters. The molecule has 278 valence electrons. The Bertz CT molecular complexity index is 514. The highest BCUT2D eigenvalue weighted by molar-refractivity contribution is 4.84. The Hall–Kier alpha value is -0.240. The van der Waals surface area contributed by atoms with Crippen molar-refractivity contribution < 1.29 is 29.9 Å². The minimum atomic E-state index is -1.16. The number of unbranched alkanes of at least 4 members (excludes halogenated alkanes) is 28. The minimum absolute atomic E-state index is 0.441. The van der Waals surface area contributed by atoms with Crippen LogP contribution >= 0.6 is 0 Å². The Labute approximate surface area is 286 Å². The third-order valence-electron chi connectivity index (χ3n) is 9.57. The number of hydrogen-bond donors (Lipinski definition) is 4. The summed E-state index contributed by atoms with van der Waals surface area (Å²) in [5.74, 6) is 0. The van der Waals surface area contributed by atoms with Gasteiger partial charge in [-0.15, -0.1) is 0 Å². The summed E-state index contributed by atoms with van der Waals surface area (Å²) >= 11 is 0. The summed E-state index contributed by atoms with van der Waals surface area (Å²) < 4.78 is 11.9. The molecule has 4 N–H and O–H groups in total. The number of aliphatic hydroxyl groups is 4. The maximum absolute atomic E-state index is 10.4. The van der Waals surface area contributed by atoms with E-state index in [-0.39, 0.29) is 0 Å². The van der Waals surface area contributed by atoms with E-state index in [1.807, 2.05) is 0 Å². The van der Waals surface area contributed by atoms with Crippen LogP contribution in [-0.2, 0) is 9.47 Å². The van der Waals surface area contributed by atoms with Gasteiger partial charge in [0.05, 0.1) is 13.2 Å². The molecule has 0 heterocycles. The van der Waals surface area contributed by atoms with E-state index in [1.165, 1.54) is 167 Å². The molecule has 6 heteroatoms. The fraction of sp³-hybridized carbons (Fsp3) is 1.00. The van der Waals surface area contributed by atoms with Crippen molar-refractivity contribution in [2.24, 2.45) is 0 Å². The molecule has 0 aliphatic rings. The Morgan fingerprint density at radius 2 is 0.522 bits per heavy atom. The van der Waals surface area contributed by atoms with E-state index < -0.39 is 37.6 Å². The van der Waals surface area contributed by atoms with E-state index in [0.717, 1.165) is 25.7 Å². The highest BCUT2D eigenvalue weighted by Crippen LogP contribution is 2.18. The first kappa shape index (κ1) is 45.8. The van der Waals surface area contributed by atoms with Gasteiger partial charge in [-0.3, -0.25) is 0 Å². The van der Waals surface area contributed by atoms with Crippen LogP contribution in [0, 0.1) is 0 Å². The molecule has 0 radical (unpaired) electrons. The molecule has 0 aromatic rings. The average molecular weight is 659 g/mol. The van der Waals surface area contributed by atoms with Crippen LogP contribution in [-0.4, -0.2) is 71.3 Å². The third-order valence-corrected chi connectivity index (χ3v) is 9.57. The Kier molecular flexibility index (Phi) is 37.4. The lowest BCUT2D eigenvalue weighted by atomic mass is 10.0. The molecular weight excluding hydrogens is 576 g/mol. The number of ether oxygens (including phenoxy) is 2. The van der Waals surface area contributed by atoms with Crippen molar-refractivity contribution in [2.75, 3.05) is 26.4 Å². The molecule has 0 aliphatic heterocycles. The van der Waals surface area contributed by atoms with Gasteiger partial charge in [0.2, 0.25) is 0 Å². The molecule has 0 saturated heterocycles. The van der Waals surface area contributed by atoms with Gasteiger partial charge < -0.3 is 29.9 Å². The minimum Gasteiger partial charge on any atom is -0.394 e. The zero-order valence-electron chi connectivity index (χ0n) is 31.0. The largest absolute Gasteiger partial charge is 0.394 e. The molecule has 46 heavy (non-hydrogen) atoms. The lowest BCUT2D eigenvalue weighted by molar-refractivity contribution is -0.170. The molecule has 0 rings (SSSR count). The Morgan fingerprint density at radius 3 is 0.717 bits per heavy atom. The topological polar surface area (TPSA) is 99.4 Å². The second-order valence-corrected chi connectivity index (χ2v) is 14.1. The monoisotopic (exact) mass is 659 g/mol. The summed E-state index contributed by atoms with van der Waals surface area (Å²) in [4.78, 5) is 0. The third kappa shape index (κ3) is 29.9. The average Bonchev–Trinajstić information content (AvgIpc) is 3.07. The summed E-state index contributed by atoms with van der Waals surface area (Å²) in [6.07, 6.45) is 34.8. The first-order valence-corrected chi connectivity index (χ1v) is 20.4. The number of rotatable bonds is 39. The van der Waals surface area contributed by atoms with Crippen LogP contribution in [0.4, 0.5) is 0 Å². The van der Waals surface area contributed by atoms with Crippen molar-refractivity contribution in [2.45, 2.75) is 231 Å². The van der Waals surface area contributed by atoms with Gasteiger partial charge in [0, 0.05) is 13.2 Å². The summed E-state index contributed by atoms with van der Waals surface area (Å²) in [6.45, 7) is 4.48. The van der Waals surface area contributed by atoms with Crippen molar-refractivity contribution in [1.82, 2.24) is 0 Å². The molecule has 0 saturated carbocycles. The predicted molar refractivity (Wildman–Crippen MR) is 196 cm³/mol. The molecule has 0 aromatic heterocycles. The van der Waals surface area contributed by atoms with Crippen LogP contribution in [0.25, 0.3) is 0 Å². The maximum Gasteiger partial charge on any atom is 0.114 e. The summed E-state index contributed by atoms with van der Waals surface area (Å²) in [6, 6.07) is 0. The van der Waals surface area contributed by atoms with Gasteiger partial charge in [-0.2, -0.15) is 0 Å². The van der Waals surface area contributed by atoms with E-state index in [9.17, 15) is 20.4 Å². The quantitative estimate of drug-likeness (QED) is 0.0491. The molecule has 0 aliphatic carbocycles. The van der Waals surface area contributed by atoms with Crippen molar-refractivity contribution in [3.05, 3.63) is 0 Å². The highest BCUT2D eigenvalue weighted by Gasteiger charge is 2.34. The van der Waals surface area contributed by atoms with Crippen LogP contribution in [0.1, 0.15) is 206 Å². The van der Waals surface area contributed by atoms with Gasteiger partial charge in [0.1, 0.15) is 24.4 Å². The first-order chi connectivity index (χ1) is 22.6. The zero-order valence-corrected chi connectivity index (χ0v) is 31.0. The van der Waals surface area contributed by atoms with Gasteiger partial charge in [0.15, 0.2) is 0 Å². The van der Waals surface area contributed by atoms with Crippen molar-refractivity contribution in [1.29, 1.82) is 0 Å². The van der Waals surface area contributed by atoms with Crippen LogP contribution in [0.3, 0.4) is 0 Å². The first-order valence-electron chi connectivity index (χ1n) is 20.4. The van der Waals surface area contributed by atoms with Gasteiger partial charge in [-0.05, 0) is 12.8 Å². The van der Waals surface area contributed by atoms with Crippen LogP contribution in [0.5, 0.6) is 0 Å². The van der Waals surface area contributed by atoms with E-state index in [1.54, 1.807) is 0 Å². The lowest BCUT2D eigenvalue weighted by Gasteiger charge is -2.32. The molecule has 0 amide bonds. The molecule has 6 nitrogen and oxygen atoms in total. The standard InChI is InChI=1S/C40H82O6/c1-3-5-7-9-11-13-15-17-19-21-23-25-27-29-31-33-45-39(37(43)35-41)40(38(44)36-42)46-34-32-30-28-26-24-22-20-18-16-14-12-10-8-6-4-2/h37-44H,3-36H2,1-2H3/t37-,38-,39-,40-/m1/s1. The zero-order chi connectivity index (χ0) is 33.8. The van der Waals surface area contributed by atoms with Crippen LogP contribution < -0.4 is 0 Å². The van der Waals surface area contributed by atoms with Crippen molar-refractivity contribution in [3.63, 3.8) is 0 Å². The number of hydrogen-bond acceptors (Lipinski definition) is 6. The second kappa shape index (κ2) is 37.6. The molecular formula is C40H82O6. The van der Waals surface area contributed by atoms with Gasteiger partial charge in [-0.25, -0.2) is 0 Å². The SMILES string of the molecule is CCCCCCCCCCCCCCCCCO[C@@H]([C@H](OCCCCCCCCCCCCCCCCC)[C@H](O)CO)[C@H](O)CO. The highest BCUT2D eigenvalue weighted by atomic mass is 16.6. The molecule has 0 bridgehead atoms. The van der Waals surface area contributed by atoms with Gasteiger partial charge in [0.25, 0.3) is 0 Å². The van der Waals surface area contributed by atoms with Crippen molar-refractivity contribution >= 4 is 0 Å². The summed E-state index contributed by atoms with van der Waals surface area (Å²) in [5, 5.41) is 40.1. The van der Waals surface area contributed by atoms with Crippen molar-refractivity contribution in [3.8, 4) is 0 Å². The van der Waals surface area contributed by atoms with E-state index >= 15 is 0 Å². The Balaban J connectivity index is 3.96. The fourth-order valence-electron chi connectivity index (χ4n) is 6.44. The summed E-state index contributed by atoms with van der Waals surface area (Å²) in [5.41, 5.74) is 0. The molecule has 0 fully saturated rings. The second-order valence-electron chi connectivity index (χ2n) is 14.1. The maximum atomic E-state index is 10.4. The lowest BCUT2D eigenvalue weighted by Crippen LogP contribution is -2.50. The number of aliphatic hydroxyl groups excluding tert-OH is 4. The Morgan fingerprint density at radius 1 is 0.326 bits per heavy atom. The van der Waals surface area contributed by atoms with E-state index in [4.69, 9.17) is 9.47 Å². The summed E-state index contributed by atoms with van der Waals surface area (Å²) in [7, 11) is 0. The van der Waals surface area contributed by atoms with Crippen LogP contribution in [0.2, 0.25) is 0 Å². The molecule has 0 spiro atoms. The normalized spacial score (nSPS) is 14.5. The van der Waals surface area contributed by atoms with Gasteiger partial charge in [-0.1, -0.05) is 194 Å². The van der Waals surface area contributed by atoms with E-state index in [2.05, 4.69) is 13.8 Å². The molecule has 0 unspecified atom stereocenters. The fourth-order valence-corrected chi connectivity index (χ4v) is 6.44.